The van der Waals surface area contributed by atoms with Gasteiger partial charge in [0.05, 0.1) is 14.2 Å². The maximum atomic E-state index is 6.23. The van der Waals surface area contributed by atoms with Crippen LogP contribution < -0.4 is 9.47 Å². The molecule has 0 heterocycles. The zero-order valence-corrected chi connectivity index (χ0v) is 10.5. The van der Waals surface area contributed by atoms with Crippen molar-refractivity contribution in [2.24, 2.45) is 0 Å². The van der Waals surface area contributed by atoms with Crippen LogP contribution in [0.1, 0.15) is 11.1 Å². The summed E-state index contributed by atoms with van der Waals surface area (Å²) >= 11 is 0. The number of ether oxygens (including phenoxy) is 2. The molecular formula is C16H15O2. The average molecular weight is 239 g/mol. The maximum absolute atomic E-state index is 6.23. The third kappa shape index (κ3) is 2.23. The van der Waals surface area contributed by atoms with Crippen molar-refractivity contribution in [1.29, 1.82) is 0 Å². The molecule has 0 atom stereocenters. The van der Waals surface area contributed by atoms with Crippen LogP contribution in [0.15, 0.2) is 48.5 Å². The lowest BCUT2D eigenvalue weighted by molar-refractivity contribution is 0.411. The molecule has 0 fully saturated rings. The predicted octanol–water partition coefficient (Wildman–Crippen LogP) is 3.57. The standard InChI is InChI=1S/C16H15O2/c1-12(13-8-4-6-10-15(13)17-2)14-9-5-7-11-16(14)18-3/h1,4-11H,2-3H3. The zero-order chi connectivity index (χ0) is 13.0. The van der Waals surface area contributed by atoms with E-state index in [9.17, 15) is 0 Å². The smallest absolute Gasteiger partial charge is 0.126 e. The van der Waals surface area contributed by atoms with E-state index in [2.05, 4.69) is 0 Å². The Labute approximate surface area is 107 Å². The van der Waals surface area contributed by atoms with E-state index in [1.807, 2.05) is 48.5 Å². The first-order chi connectivity index (χ1) is 8.77. The molecule has 1 radical (unpaired) electrons. The summed E-state index contributed by atoms with van der Waals surface area (Å²) in [5.41, 5.74) is 2.37. The molecule has 18 heavy (non-hydrogen) atoms. The van der Waals surface area contributed by atoms with Crippen LogP contribution in [0.25, 0.3) is 5.57 Å². The van der Waals surface area contributed by atoms with Crippen LogP contribution in [0.2, 0.25) is 0 Å². The minimum atomic E-state index is 0.643. The van der Waals surface area contributed by atoms with Crippen LogP contribution in [0.4, 0.5) is 0 Å². The van der Waals surface area contributed by atoms with Gasteiger partial charge in [0.2, 0.25) is 0 Å². The van der Waals surface area contributed by atoms with Gasteiger partial charge in [-0.05, 0) is 17.7 Å². The van der Waals surface area contributed by atoms with Gasteiger partial charge < -0.3 is 9.47 Å². The zero-order valence-electron chi connectivity index (χ0n) is 10.5. The Morgan fingerprint density at radius 3 is 1.56 bits per heavy atom. The molecule has 2 heteroatoms. The highest BCUT2D eigenvalue weighted by molar-refractivity contribution is 5.82. The summed E-state index contributed by atoms with van der Waals surface area (Å²) in [5.74, 6) is 1.50. The number of para-hydroxylation sites is 2. The Morgan fingerprint density at radius 1 is 0.778 bits per heavy atom. The fourth-order valence-electron chi connectivity index (χ4n) is 1.88. The summed E-state index contributed by atoms with van der Waals surface area (Å²) < 4.78 is 10.6. The van der Waals surface area contributed by atoms with Gasteiger partial charge in [0.25, 0.3) is 0 Å². The van der Waals surface area contributed by atoms with E-state index in [0.29, 0.717) is 5.57 Å². The van der Waals surface area contributed by atoms with Crippen molar-refractivity contribution in [3.8, 4) is 11.5 Å². The molecule has 0 unspecified atom stereocenters. The summed E-state index contributed by atoms with van der Waals surface area (Å²) in [7, 11) is 3.27. The number of rotatable bonds is 4. The fraction of sp³-hybridized carbons (Fsp3) is 0.125. The Kier molecular flexibility index (Phi) is 3.68. The first-order valence-corrected chi connectivity index (χ1v) is 5.67. The van der Waals surface area contributed by atoms with E-state index >= 15 is 0 Å². The second-order valence-corrected chi connectivity index (χ2v) is 3.81. The molecule has 91 valence electrons. The minimum absolute atomic E-state index is 0.643. The van der Waals surface area contributed by atoms with Gasteiger partial charge in [-0.2, -0.15) is 0 Å². The Balaban J connectivity index is 2.48. The van der Waals surface area contributed by atoms with Crippen molar-refractivity contribution in [2.75, 3.05) is 14.2 Å². The highest BCUT2D eigenvalue weighted by Crippen LogP contribution is 2.33. The maximum Gasteiger partial charge on any atom is 0.126 e. The number of methoxy groups -OCH3 is 2. The predicted molar refractivity (Wildman–Crippen MR) is 72.8 cm³/mol. The van der Waals surface area contributed by atoms with Gasteiger partial charge in [0.15, 0.2) is 0 Å². The third-order valence-electron chi connectivity index (χ3n) is 2.79. The molecule has 0 spiro atoms. The van der Waals surface area contributed by atoms with Gasteiger partial charge in [-0.15, -0.1) is 0 Å². The molecule has 2 aromatic rings. The monoisotopic (exact) mass is 239 g/mol. The second-order valence-electron chi connectivity index (χ2n) is 3.81. The molecule has 0 aromatic heterocycles. The van der Waals surface area contributed by atoms with Crippen LogP contribution in [-0.4, -0.2) is 14.2 Å². The highest BCUT2D eigenvalue weighted by atomic mass is 16.5. The van der Waals surface area contributed by atoms with E-state index in [4.69, 9.17) is 16.1 Å². The molecule has 2 aromatic carbocycles. The largest absolute Gasteiger partial charge is 0.496 e. The second kappa shape index (κ2) is 5.41. The van der Waals surface area contributed by atoms with Gasteiger partial charge in [-0.3, -0.25) is 0 Å². The van der Waals surface area contributed by atoms with Gasteiger partial charge in [-0.1, -0.05) is 43.0 Å². The minimum Gasteiger partial charge on any atom is -0.496 e. The van der Waals surface area contributed by atoms with Crippen molar-refractivity contribution in [3.63, 3.8) is 0 Å². The molecule has 0 aliphatic rings. The lowest BCUT2D eigenvalue weighted by atomic mass is 9.98. The number of benzene rings is 2. The molecular weight excluding hydrogens is 224 g/mol. The number of hydrogen-bond donors (Lipinski definition) is 0. The normalized spacial score (nSPS) is 9.89. The Hall–Kier alpha value is -2.22. The molecule has 0 bridgehead atoms. The lowest BCUT2D eigenvalue weighted by Gasteiger charge is -2.13. The lowest BCUT2D eigenvalue weighted by Crippen LogP contribution is -1.95. The molecule has 0 N–H and O–H groups in total. The third-order valence-corrected chi connectivity index (χ3v) is 2.79. The van der Waals surface area contributed by atoms with Crippen molar-refractivity contribution in [2.45, 2.75) is 0 Å². The van der Waals surface area contributed by atoms with Crippen molar-refractivity contribution in [1.82, 2.24) is 0 Å². The summed E-state index contributed by atoms with van der Waals surface area (Å²) in [4.78, 5) is 0. The van der Waals surface area contributed by atoms with Crippen molar-refractivity contribution >= 4 is 5.57 Å². The Bertz CT molecular complexity index is 509. The molecule has 0 aliphatic carbocycles. The SMILES string of the molecule is [CH]=C(c1ccccc1OC)c1ccccc1OC. The van der Waals surface area contributed by atoms with Gasteiger partial charge in [0, 0.05) is 11.1 Å². The molecule has 2 rings (SSSR count). The quantitative estimate of drug-likeness (QED) is 0.812. The van der Waals surface area contributed by atoms with E-state index in [1.54, 1.807) is 14.2 Å². The van der Waals surface area contributed by atoms with Gasteiger partial charge in [0.1, 0.15) is 11.5 Å². The number of hydrogen-bond acceptors (Lipinski definition) is 2. The van der Waals surface area contributed by atoms with Crippen molar-refractivity contribution < 1.29 is 9.47 Å². The molecule has 0 aliphatic heterocycles. The molecule has 2 nitrogen and oxygen atoms in total. The fourth-order valence-corrected chi connectivity index (χ4v) is 1.88. The van der Waals surface area contributed by atoms with Crippen LogP contribution in [0.5, 0.6) is 11.5 Å². The Morgan fingerprint density at radius 2 is 1.17 bits per heavy atom. The first kappa shape index (κ1) is 12.2. The molecule has 0 saturated carbocycles. The van der Waals surface area contributed by atoms with E-state index in [0.717, 1.165) is 22.6 Å². The summed E-state index contributed by atoms with van der Waals surface area (Å²) in [5, 5.41) is 0. The first-order valence-electron chi connectivity index (χ1n) is 5.67. The van der Waals surface area contributed by atoms with Crippen LogP contribution in [-0.2, 0) is 0 Å². The van der Waals surface area contributed by atoms with Gasteiger partial charge in [-0.25, -0.2) is 0 Å². The molecule has 0 saturated heterocycles. The van der Waals surface area contributed by atoms with E-state index < -0.39 is 0 Å². The van der Waals surface area contributed by atoms with E-state index in [1.165, 1.54) is 0 Å². The van der Waals surface area contributed by atoms with Crippen LogP contribution in [0.3, 0.4) is 0 Å². The highest BCUT2D eigenvalue weighted by Gasteiger charge is 2.11. The summed E-state index contributed by atoms with van der Waals surface area (Å²) in [6.07, 6.45) is 0. The van der Waals surface area contributed by atoms with Gasteiger partial charge >= 0.3 is 0 Å². The average Bonchev–Trinajstić information content (AvgIpc) is 2.46. The topological polar surface area (TPSA) is 18.5 Å². The van der Waals surface area contributed by atoms with Crippen LogP contribution in [0, 0.1) is 6.58 Å². The van der Waals surface area contributed by atoms with Crippen molar-refractivity contribution in [3.05, 3.63) is 66.2 Å². The molecule has 0 amide bonds. The van der Waals surface area contributed by atoms with E-state index in [-0.39, 0.29) is 0 Å². The summed E-state index contributed by atoms with van der Waals surface area (Å²) in [6, 6.07) is 15.3. The summed E-state index contributed by atoms with van der Waals surface area (Å²) in [6.45, 7) is 6.23. The van der Waals surface area contributed by atoms with Crippen LogP contribution >= 0.6 is 0 Å².